The number of fused-ring (bicyclic) bond motifs is 1. The first-order valence-corrected chi connectivity index (χ1v) is 5.55. The van der Waals surface area contributed by atoms with Gasteiger partial charge in [-0.25, -0.2) is 13.8 Å². The van der Waals surface area contributed by atoms with Crippen molar-refractivity contribution >= 4 is 11.9 Å². The van der Waals surface area contributed by atoms with Crippen LogP contribution in [0.1, 0.15) is 24.2 Å². The molecular weight excluding hydrogens is 240 g/mol. The monoisotopic (exact) mass is 251 g/mol. The maximum absolute atomic E-state index is 12.7. The molecule has 1 atom stereocenters. The predicted molar refractivity (Wildman–Crippen MR) is 61.2 cm³/mol. The standard InChI is InChI=1S/C11H11F2N5/c1-14-8-3-6(8)2-7-4-9(10(12)13)17-11-15-5-16-18(7)11/h2,4-5,8,10,14H,3H2,1H3/b6-2-/t8-/m1/s1. The fourth-order valence-corrected chi connectivity index (χ4v) is 1.88. The van der Waals surface area contributed by atoms with Crippen LogP contribution in [0, 0.1) is 0 Å². The summed E-state index contributed by atoms with van der Waals surface area (Å²) in [5.41, 5.74) is 1.48. The van der Waals surface area contributed by atoms with Crippen molar-refractivity contribution in [3.05, 3.63) is 29.4 Å². The van der Waals surface area contributed by atoms with Gasteiger partial charge in [0, 0.05) is 6.04 Å². The molecule has 0 spiro atoms. The lowest BCUT2D eigenvalue weighted by molar-refractivity contribution is 0.146. The van der Waals surface area contributed by atoms with E-state index in [1.807, 2.05) is 13.1 Å². The van der Waals surface area contributed by atoms with E-state index in [1.165, 1.54) is 22.5 Å². The van der Waals surface area contributed by atoms with Gasteiger partial charge >= 0.3 is 0 Å². The van der Waals surface area contributed by atoms with Crippen molar-refractivity contribution in [2.75, 3.05) is 7.05 Å². The minimum atomic E-state index is -2.61. The van der Waals surface area contributed by atoms with Crippen molar-refractivity contribution in [3.8, 4) is 0 Å². The Morgan fingerprint density at radius 2 is 2.39 bits per heavy atom. The molecule has 2 heterocycles. The largest absolute Gasteiger partial charge is 0.313 e. The Morgan fingerprint density at radius 1 is 1.56 bits per heavy atom. The fraction of sp³-hybridized carbons (Fsp3) is 0.364. The fourth-order valence-electron chi connectivity index (χ4n) is 1.88. The number of likely N-dealkylation sites (N-methyl/N-ethyl adjacent to an activating group) is 1. The van der Waals surface area contributed by atoms with Gasteiger partial charge in [0.15, 0.2) is 0 Å². The third-order valence-electron chi connectivity index (χ3n) is 2.93. The van der Waals surface area contributed by atoms with Crippen molar-refractivity contribution in [3.63, 3.8) is 0 Å². The molecule has 1 fully saturated rings. The van der Waals surface area contributed by atoms with Gasteiger partial charge in [-0.2, -0.15) is 14.6 Å². The predicted octanol–water partition coefficient (Wildman–Crippen LogP) is 1.44. The highest BCUT2D eigenvalue weighted by atomic mass is 19.3. The number of aromatic nitrogens is 4. The van der Waals surface area contributed by atoms with Gasteiger partial charge in [0.1, 0.15) is 12.0 Å². The second-order valence-corrected chi connectivity index (χ2v) is 4.14. The molecule has 0 radical (unpaired) electrons. The summed E-state index contributed by atoms with van der Waals surface area (Å²) in [6, 6.07) is 1.69. The number of hydrogen-bond acceptors (Lipinski definition) is 4. The molecular formula is C11H11F2N5. The average molecular weight is 251 g/mol. The van der Waals surface area contributed by atoms with Gasteiger partial charge in [0.2, 0.25) is 0 Å². The second kappa shape index (κ2) is 4.09. The zero-order chi connectivity index (χ0) is 12.7. The van der Waals surface area contributed by atoms with E-state index in [0.717, 1.165) is 6.42 Å². The molecule has 1 N–H and O–H groups in total. The first-order chi connectivity index (χ1) is 8.69. The molecule has 0 bridgehead atoms. The van der Waals surface area contributed by atoms with Crippen LogP contribution < -0.4 is 5.32 Å². The normalized spacial score (nSPS) is 21.1. The molecule has 0 unspecified atom stereocenters. The number of halogens is 2. The zero-order valence-corrected chi connectivity index (χ0v) is 9.64. The highest BCUT2D eigenvalue weighted by Crippen LogP contribution is 2.31. The summed E-state index contributed by atoms with van der Waals surface area (Å²) >= 11 is 0. The van der Waals surface area contributed by atoms with Crippen LogP contribution in [0.2, 0.25) is 0 Å². The Hall–Kier alpha value is -1.89. The molecule has 18 heavy (non-hydrogen) atoms. The van der Waals surface area contributed by atoms with Gasteiger partial charge in [-0.15, -0.1) is 0 Å². The summed E-state index contributed by atoms with van der Waals surface area (Å²) < 4.78 is 26.9. The van der Waals surface area contributed by atoms with Crippen LogP contribution in [0.3, 0.4) is 0 Å². The molecule has 3 rings (SSSR count). The number of alkyl halides is 2. The molecule has 0 saturated heterocycles. The average Bonchev–Trinajstić information content (AvgIpc) is 2.92. The highest BCUT2D eigenvalue weighted by Gasteiger charge is 2.28. The van der Waals surface area contributed by atoms with Crippen molar-refractivity contribution in [1.82, 2.24) is 24.9 Å². The van der Waals surface area contributed by atoms with Gasteiger partial charge in [-0.05, 0) is 31.2 Å². The Kier molecular flexibility index (Phi) is 2.55. The first-order valence-electron chi connectivity index (χ1n) is 5.55. The summed E-state index contributed by atoms with van der Waals surface area (Å²) in [4.78, 5) is 7.61. The SMILES string of the molecule is CN[C@@H]1C/C1=C/c1cc(C(F)F)nc2ncnn12. The van der Waals surface area contributed by atoms with Crippen LogP contribution in [-0.4, -0.2) is 32.7 Å². The molecule has 2 aromatic heterocycles. The second-order valence-electron chi connectivity index (χ2n) is 4.14. The quantitative estimate of drug-likeness (QED) is 0.896. The van der Waals surface area contributed by atoms with E-state index in [4.69, 9.17) is 0 Å². The van der Waals surface area contributed by atoms with Crippen molar-refractivity contribution in [1.29, 1.82) is 0 Å². The van der Waals surface area contributed by atoms with Crippen LogP contribution in [0.25, 0.3) is 11.9 Å². The lowest BCUT2D eigenvalue weighted by Gasteiger charge is -2.02. The third kappa shape index (κ3) is 1.86. The maximum Gasteiger partial charge on any atom is 0.280 e. The van der Waals surface area contributed by atoms with Crippen LogP contribution in [0.15, 0.2) is 18.0 Å². The number of nitrogens with one attached hydrogen (secondary N) is 1. The molecule has 7 heteroatoms. The van der Waals surface area contributed by atoms with E-state index in [9.17, 15) is 8.78 Å². The first kappa shape index (κ1) is 11.2. The van der Waals surface area contributed by atoms with Gasteiger partial charge in [-0.1, -0.05) is 0 Å². The molecule has 94 valence electrons. The van der Waals surface area contributed by atoms with Gasteiger partial charge in [0.05, 0.1) is 5.69 Å². The van der Waals surface area contributed by atoms with Crippen LogP contribution in [0.4, 0.5) is 8.78 Å². The summed E-state index contributed by atoms with van der Waals surface area (Å²) in [6.45, 7) is 0. The highest BCUT2D eigenvalue weighted by molar-refractivity contribution is 5.58. The van der Waals surface area contributed by atoms with Gasteiger partial charge in [-0.3, -0.25) is 0 Å². The van der Waals surface area contributed by atoms with Gasteiger partial charge < -0.3 is 5.32 Å². The maximum atomic E-state index is 12.7. The lowest BCUT2D eigenvalue weighted by atomic mass is 10.3. The lowest BCUT2D eigenvalue weighted by Crippen LogP contribution is -2.08. The van der Waals surface area contributed by atoms with E-state index in [2.05, 4.69) is 20.4 Å². The van der Waals surface area contributed by atoms with Crippen molar-refractivity contribution in [2.45, 2.75) is 18.9 Å². The molecule has 2 aromatic rings. The smallest absolute Gasteiger partial charge is 0.280 e. The summed E-state index contributed by atoms with van der Waals surface area (Å²) in [5, 5.41) is 7.10. The van der Waals surface area contributed by atoms with Crippen LogP contribution in [0.5, 0.6) is 0 Å². The van der Waals surface area contributed by atoms with Crippen molar-refractivity contribution < 1.29 is 8.78 Å². The Morgan fingerprint density at radius 3 is 3.06 bits per heavy atom. The van der Waals surface area contributed by atoms with Crippen LogP contribution >= 0.6 is 0 Å². The van der Waals surface area contributed by atoms with Gasteiger partial charge in [0.25, 0.3) is 12.2 Å². The van der Waals surface area contributed by atoms with E-state index in [1.54, 1.807) is 0 Å². The molecule has 0 amide bonds. The minimum Gasteiger partial charge on any atom is -0.313 e. The van der Waals surface area contributed by atoms with Crippen molar-refractivity contribution in [2.24, 2.45) is 0 Å². The minimum absolute atomic E-state index is 0.196. The number of hydrogen-bond donors (Lipinski definition) is 1. The zero-order valence-electron chi connectivity index (χ0n) is 9.64. The molecule has 1 saturated carbocycles. The van der Waals surface area contributed by atoms with E-state index in [0.29, 0.717) is 11.7 Å². The summed E-state index contributed by atoms with van der Waals surface area (Å²) in [7, 11) is 1.87. The molecule has 5 nitrogen and oxygen atoms in total. The number of nitrogens with zero attached hydrogens (tertiary/aromatic N) is 4. The Balaban J connectivity index is 2.09. The molecule has 0 aromatic carbocycles. The molecule has 1 aliphatic carbocycles. The Labute approximate surface area is 102 Å². The molecule has 1 aliphatic rings. The van der Waals surface area contributed by atoms with E-state index >= 15 is 0 Å². The summed E-state index contributed by atoms with van der Waals surface area (Å²) in [5.74, 6) is 0.196. The Bertz CT molecular complexity index is 619. The summed E-state index contributed by atoms with van der Waals surface area (Å²) in [6.07, 6.45) is 1.49. The van der Waals surface area contributed by atoms with E-state index in [-0.39, 0.29) is 11.5 Å². The third-order valence-corrected chi connectivity index (χ3v) is 2.93. The topological polar surface area (TPSA) is 55.1 Å². The molecule has 0 aliphatic heterocycles. The van der Waals surface area contributed by atoms with Crippen LogP contribution in [-0.2, 0) is 0 Å². The number of rotatable bonds is 3. The van der Waals surface area contributed by atoms with E-state index < -0.39 is 6.43 Å².